The topological polar surface area (TPSA) is 49.5 Å². The molecule has 1 aliphatic carbocycles. The molecule has 2 fully saturated rings. The lowest BCUT2D eigenvalue weighted by Gasteiger charge is -2.42. The van der Waals surface area contributed by atoms with Crippen molar-refractivity contribution in [2.24, 2.45) is 23.0 Å². The fourth-order valence-corrected chi connectivity index (χ4v) is 3.84. The molecule has 3 atom stereocenters. The van der Waals surface area contributed by atoms with E-state index in [0.29, 0.717) is 17.9 Å². The maximum atomic E-state index is 9.20. The second kappa shape index (κ2) is 5.68. The van der Waals surface area contributed by atoms with Crippen molar-refractivity contribution in [3.8, 4) is 0 Å². The maximum Gasteiger partial charge on any atom is 0.0471 e. The van der Waals surface area contributed by atoms with Gasteiger partial charge in [-0.15, -0.1) is 0 Å². The largest absolute Gasteiger partial charge is 0.396 e. The summed E-state index contributed by atoms with van der Waals surface area (Å²) in [4.78, 5) is 2.53. The van der Waals surface area contributed by atoms with E-state index in [9.17, 15) is 5.11 Å². The summed E-state index contributed by atoms with van der Waals surface area (Å²) in [7, 11) is 0. The van der Waals surface area contributed by atoms with Gasteiger partial charge in [0.05, 0.1) is 0 Å². The molecule has 0 radical (unpaired) electrons. The summed E-state index contributed by atoms with van der Waals surface area (Å²) >= 11 is 0. The molecule has 0 spiro atoms. The van der Waals surface area contributed by atoms with Gasteiger partial charge < -0.3 is 15.7 Å². The van der Waals surface area contributed by atoms with Crippen LogP contribution in [0, 0.1) is 17.3 Å². The molecule has 3 nitrogen and oxygen atoms in total. The molecule has 17 heavy (non-hydrogen) atoms. The van der Waals surface area contributed by atoms with E-state index in [1.54, 1.807) is 0 Å². The highest BCUT2D eigenvalue weighted by atomic mass is 16.3. The SMILES string of the molecule is CC1CCCC(CN)(CN2CCC(CO)C2)C1. The third kappa shape index (κ3) is 3.21. The molecule has 2 rings (SSSR count). The van der Waals surface area contributed by atoms with E-state index in [4.69, 9.17) is 5.73 Å². The molecule has 0 aromatic carbocycles. The van der Waals surface area contributed by atoms with Gasteiger partial charge in [0.1, 0.15) is 0 Å². The minimum absolute atomic E-state index is 0.350. The Kier molecular flexibility index (Phi) is 4.45. The Hall–Kier alpha value is -0.120. The highest BCUT2D eigenvalue weighted by molar-refractivity contribution is 4.90. The number of aliphatic hydroxyl groups excluding tert-OH is 1. The second-order valence-electron chi connectivity index (χ2n) is 6.48. The molecule has 3 heteroatoms. The second-order valence-corrected chi connectivity index (χ2v) is 6.48. The zero-order chi connectivity index (χ0) is 12.3. The Morgan fingerprint density at radius 3 is 2.82 bits per heavy atom. The fourth-order valence-electron chi connectivity index (χ4n) is 3.84. The predicted octanol–water partition coefficient (Wildman–Crippen LogP) is 1.46. The van der Waals surface area contributed by atoms with Crippen molar-refractivity contribution < 1.29 is 5.11 Å². The van der Waals surface area contributed by atoms with Crippen LogP contribution in [0.1, 0.15) is 39.0 Å². The Bertz CT molecular complexity index is 246. The third-order valence-corrected chi connectivity index (χ3v) is 4.81. The van der Waals surface area contributed by atoms with Crippen LogP contribution in [0.2, 0.25) is 0 Å². The minimum Gasteiger partial charge on any atom is -0.396 e. The molecule has 100 valence electrons. The smallest absolute Gasteiger partial charge is 0.0471 e. The van der Waals surface area contributed by atoms with Crippen LogP contribution in [0.15, 0.2) is 0 Å². The molecular weight excluding hydrogens is 212 g/mol. The molecule has 1 aliphatic heterocycles. The minimum atomic E-state index is 0.350. The van der Waals surface area contributed by atoms with Crippen LogP contribution < -0.4 is 5.73 Å². The van der Waals surface area contributed by atoms with E-state index >= 15 is 0 Å². The summed E-state index contributed by atoms with van der Waals surface area (Å²) in [5, 5.41) is 9.20. The van der Waals surface area contributed by atoms with Crippen LogP contribution >= 0.6 is 0 Å². The quantitative estimate of drug-likeness (QED) is 0.782. The Morgan fingerprint density at radius 2 is 2.24 bits per heavy atom. The van der Waals surface area contributed by atoms with Crippen LogP contribution in [0.25, 0.3) is 0 Å². The van der Waals surface area contributed by atoms with Crippen molar-refractivity contribution in [1.29, 1.82) is 0 Å². The van der Waals surface area contributed by atoms with Crippen LogP contribution in [0.4, 0.5) is 0 Å². The third-order valence-electron chi connectivity index (χ3n) is 4.81. The maximum absolute atomic E-state index is 9.20. The van der Waals surface area contributed by atoms with Gasteiger partial charge >= 0.3 is 0 Å². The van der Waals surface area contributed by atoms with Crippen molar-refractivity contribution in [3.05, 3.63) is 0 Å². The zero-order valence-electron chi connectivity index (χ0n) is 11.2. The van der Waals surface area contributed by atoms with Gasteiger partial charge in [0, 0.05) is 19.7 Å². The lowest BCUT2D eigenvalue weighted by atomic mass is 9.70. The van der Waals surface area contributed by atoms with Crippen LogP contribution in [-0.2, 0) is 0 Å². The lowest BCUT2D eigenvalue weighted by molar-refractivity contribution is 0.0962. The summed E-state index contributed by atoms with van der Waals surface area (Å²) in [5.74, 6) is 1.34. The Balaban J connectivity index is 1.90. The van der Waals surface area contributed by atoms with Gasteiger partial charge in [-0.2, -0.15) is 0 Å². The molecule has 3 unspecified atom stereocenters. The molecule has 0 amide bonds. The van der Waals surface area contributed by atoms with Gasteiger partial charge in [-0.1, -0.05) is 19.8 Å². The van der Waals surface area contributed by atoms with Gasteiger partial charge in [-0.25, -0.2) is 0 Å². The molecule has 3 N–H and O–H groups in total. The standard InChI is InChI=1S/C14H28N2O/c1-12-3-2-5-14(7-12,10-15)11-16-6-4-13(8-16)9-17/h12-13,17H,2-11,15H2,1H3. The lowest BCUT2D eigenvalue weighted by Crippen LogP contribution is -2.44. The number of hydrogen-bond acceptors (Lipinski definition) is 3. The van der Waals surface area contributed by atoms with Gasteiger partial charge in [0.25, 0.3) is 0 Å². The van der Waals surface area contributed by atoms with Crippen molar-refractivity contribution in [1.82, 2.24) is 4.90 Å². The number of hydrogen-bond donors (Lipinski definition) is 2. The summed E-state index contributed by atoms with van der Waals surface area (Å²) < 4.78 is 0. The molecule has 2 aliphatic rings. The molecular formula is C14H28N2O. The van der Waals surface area contributed by atoms with Crippen molar-refractivity contribution >= 4 is 0 Å². The van der Waals surface area contributed by atoms with Crippen molar-refractivity contribution in [2.45, 2.75) is 39.0 Å². The predicted molar refractivity (Wildman–Crippen MR) is 70.8 cm³/mol. The number of nitrogens with two attached hydrogens (primary N) is 1. The monoisotopic (exact) mass is 240 g/mol. The first-order valence-corrected chi connectivity index (χ1v) is 7.21. The van der Waals surface area contributed by atoms with Gasteiger partial charge in [-0.05, 0) is 49.6 Å². The van der Waals surface area contributed by atoms with E-state index < -0.39 is 0 Å². The first-order chi connectivity index (χ1) is 8.17. The van der Waals surface area contributed by atoms with Gasteiger partial charge in [0.15, 0.2) is 0 Å². The van der Waals surface area contributed by atoms with Crippen LogP contribution in [0.3, 0.4) is 0 Å². The van der Waals surface area contributed by atoms with Gasteiger partial charge in [0.2, 0.25) is 0 Å². The fraction of sp³-hybridized carbons (Fsp3) is 1.00. The highest BCUT2D eigenvalue weighted by Crippen LogP contribution is 2.39. The van der Waals surface area contributed by atoms with Gasteiger partial charge in [-0.3, -0.25) is 0 Å². The molecule has 0 bridgehead atoms. The zero-order valence-corrected chi connectivity index (χ0v) is 11.2. The average Bonchev–Trinajstić information content (AvgIpc) is 2.76. The Labute approximate surface area is 105 Å². The Morgan fingerprint density at radius 1 is 1.41 bits per heavy atom. The number of nitrogens with zero attached hydrogens (tertiary/aromatic N) is 1. The summed E-state index contributed by atoms with van der Waals surface area (Å²) in [6, 6.07) is 0. The highest BCUT2D eigenvalue weighted by Gasteiger charge is 2.36. The molecule has 0 aromatic heterocycles. The van der Waals surface area contributed by atoms with Crippen molar-refractivity contribution in [3.63, 3.8) is 0 Å². The van der Waals surface area contributed by atoms with Crippen molar-refractivity contribution in [2.75, 3.05) is 32.8 Å². The molecule has 1 heterocycles. The van der Waals surface area contributed by atoms with E-state index in [0.717, 1.165) is 38.5 Å². The van der Waals surface area contributed by atoms with Crippen LogP contribution in [-0.4, -0.2) is 42.8 Å². The van der Waals surface area contributed by atoms with Crippen LogP contribution in [0.5, 0.6) is 0 Å². The van der Waals surface area contributed by atoms with E-state index in [-0.39, 0.29) is 0 Å². The first-order valence-electron chi connectivity index (χ1n) is 7.21. The van der Waals surface area contributed by atoms with E-state index in [1.807, 2.05) is 0 Å². The number of aliphatic hydroxyl groups is 1. The summed E-state index contributed by atoms with van der Waals surface area (Å²) in [6.45, 7) is 6.93. The number of rotatable bonds is 4. The normalized spacial score (nSPS) is 39.7. The van der Waals surface area contributed by atoms with E-state index in [2.05, 4.69) is 11.8 Å². The summed E-state index contributed by atoms with van der Waals surface area (Å²) in [5.41, 5.74) is 6.43. The first kappa shape index (κ1) is 13.3. The number of likely N-dealkylation sites (tertiary alicyclic amines) is 1. The summed E-state index contributed by atoms with van der Waals surface area (Å²) in [6.07, 6.45) is 6.47. The average molecular weight is 240 g/mol. The van der Waals surface area contributed by atoms with E-state index in [1.165, 1.54) is 25.7 Å². The molecule has 1 saturated heterocycles. The molecule has 1 saturated carbocycles. The molecule has 0 aromatic rings.